The average Bonchev–Trinajstić information content (AvgIpc) is 3.20. The number of carbonyl (C=O) groups is 2. The Kier molecular flexibility index (Phi) is 10.7. The quantitative estimate of drug-likeness (QED) is 0.525. The lowest BCUT2D eigenvalue weighted by molar-refractivity contribution is 0.0675. The second-order valence-corrected chi connectivity index (χ2v) is 8.33. The van der Waals surface area contributed by atoms with E-state index < -0.39 is 0 Å². The molecule has 1 N–H and O–H groups in total. The summed E-state index contributed by atoms with van der Waals surface area (Å²) in [6.45, 7) is 15.3. The van der Waals surface area contributed by atoms with Crippen molar-refractivity contribution in [1.29, 1.82) is 0 Å². The lowest BCUT2D eigenvalue weighted by atomic mass is 10.0. The molecule has 4 rings (SSSR count). The van der Waals surface area contributed by atoms with Crippen LogP contribution in [0.2, 0.25) is 0 Å². The molecule has 0 spiro atoms. The zero-order valence-electron chi connectivity index (χ0n) is 22.0. The van der Waals surface area contributed by atoms with E-state index in [1.165, 1.54) is 12.1 Å². The molecule has 2 aliphatic heterocycles. The number of aromatic nitrogens is 1. The summed E-state index contributed by atoms with van der Waals surface area (Å²) in [5.74, 6) is -1.06. The van der Waals surface area contributed by atoms with Gasteiger partial charge in [0.05, 0.1) is 0 Å². The Balaban J connectivity index is 0.000000440. The van der Waals surface area contributed by atoms with Crippen LogP contribution >= 0.6 is 0 Å². The molecule has 1 atom stereocenters. The fourth-order valence-corrected chi connectivity index (χ4v) is 4.41. The molecule has 3 heterocycles. The summed E-state index contributed by atoms with van der Waals surface area (Å²) in [6, 6.07) is 6.03. The van der Waals surface area contributed by atoms with Crippen LogP contribution in [0.15, 0.2) is 61.2 Å². The van der Waals surface area contributed by atoms with Crippen molar-refractivity contribution >= 4 is 11.8 Å². The first kappa shape index (κ1) is 28.6. The Hall–Kier alpha value is -3.61. The summed E-state index contributed by atoms with van der Waals surface area (Å²) < 4.78 is 14.9. The SMILES string of the molecule is C=C/C=C\C=C/C.CC.CCN1CC(C)n2c3c(c(O)c2C1=O)C(=O)N(Cc1ccc(F)cc1)CC3. The number of allylic oxidation sites excluding steroid dienone is 5. The van der Waals surface area contributed by atoms with E-state index in [9.17, 15) is 19.1 Å². The molecule has 0 radical (unpaired) electrons. The molecule has 2 amide bonds. The van der Waals surface area contributed by atoms with Gasteiger partial charge in [-0.3, -0.25) is 9.59 Å². The molecule has 2 aromatic rings. The van der Waals surface area contributed by atoms with E-state index in [4.69, 9.17) is 0 Å². The fourth-order valence-electron chi connectivity index (χ4n) is 4.41. The topological polar surface area (TPSA) is 65.8 Å². The maximum absolute atomic E-state index is 13.1. The molecule has 0 saturated carbocycles. The predicted octanol–water partition coefficient (Wildman–Crippen LogP) is 5.90. The van der Waals surface area contributed by atoms with Gasteiger partial charge in [-0.25, -0.2) is 4.39 Å². The van der Waals surface area contributed by atoms with Gasteiger partial charge in [-0.05, 0) is 38.5 Å². The third-order valence-corrected chi connectivity index (χ3v) is 6.04. The highest BCUT2D eigenvalue weighted by molar-refractivity contribution is 6.06. The summed E-state index contributed by atoms with van der Waals surface area (Å²) in [6.07, 6.45) is 10.1. The van der Waals surface area contributed by atoms with Crippen molar-refractivity contribution in [3.8, 4) is 5.75 Å². The monoisotopic (exact) mass is 495 g/mol. The van der Waals surface area contributed by atoms with E-state index in [1.807, 2.05) is 63.5 Å². The largest absolute Gasteiger partial charge is 0.505 e. The van der Waals surface area contributed by atoms with Crippen molar-refractivity contribution in [3.05, 3.63) is 89.6 Å². The van der Waals surface area contributed by atoms with Crippen LogP contribution in [0, 0.1) is 5.82 Å². The van der Waals surface area contributed by atoms with Gasteiger partial charge in [0.2, 0.25) is 0 Å². The van der Waals surface area contributed by atoms with Gasteiger partial charge < -0.3 is 19.5 Å². The van der Waals surface area contributed by atoms with E-state index in [-0.39, 0.29) is 40.7 Å². The number of amides is 2. The van der Waals surface area contributed by atoms with Crippen molar-refractivity contribution in [1.82, 2.24) is 14.4 Å². The molecule has 0 aliphatic carbocycles. The highest BCUT2D eigenvalue weighted by Crippen LogP contribution is 2.39. The van der Waals surface area contributed by atoms with E-state index in [2.05, 4.69) is 6.58 Å². The number of rotatable bonds is 5. The minimum absolute atomic E-state index is 0.00347. The summed E-state index contributed by atoms with van der Waals surface area (Å²) in [4.78, 5) is 29.1. The molecule has 7 heteroatoms. The summed E-state index contributed by atoms with van der Waals surface area (Å²) in [5.41, 5.74) is 2.01. The second-order valence-electron chi connectivity index (χ2n) is 8.33. The Morgan fingerprint density at radius 3 is 2.33 bits per heavy atom. The van der Waals surface area contributed by atoms with Crippen LogP contribution in [0.25, 0.3) is 0 Å². The molecule has 0 saturated heterocycles. The molecular formula is C29H38FN3O3. The Morgan fingerprint density at radius 2 is 1.75 bits per heavy atom. The minimum Gasteiger partial charge on any atom is -0.505 e. The maximum Gasteiger partial charge on any atom is 0.274 e. The zero-order chi connectivity index (χ0) is 26.8. The van der Waals surface area contributed by atoms with Crippen LogP contribution in [0.1, 0.15) is 72.8 Å². The molecule has 0 bridgehead atoms. The number of fused-ring (bicyclic) bond motifs is 3. The molecule has 194 valence electrons. The van der Waals surface area contributed by atoms with Crippen molar-refractivity contribution in [3.63, 3.8) is 0 Å². The molecule has 36 heavy (non-hydrogen) atoms. The average molecular weight is 496 g/mol. The third-order valence-electron chi connectivity index (χ3n) is 6.04. The lowest BCUT2D eigenvalue weighted by Gasteiger charge is -2.34. The highest BCUT2D eigenvalue weighted by Gasteiger charge is 2.40. The van der Waals surface area contributed by atoms with Crippen LogP contribution in [0.5, 0.6) is 5.75 Å². The van der Waals surface area contributed by atoms with Gasteiger partial charge in [0.1, 0.15) is 11.4 Å². The van der Waals surface area contributed by atoms with Gasteiger partial charge >= 0.3 is 0 Å². The molecular weight excluding hydrogens is 457 g/mol. The van der Waals surface area contributed by atoms with Crippen LogP contribution in [-0.4, -0.2) is 50.9 Å². The maximum atomic E-state index is 13.1. The molecule has 0 fully saturated rings. The molecule has 6 nitrogen and oxygen atoms in total. The van der Waals surface area contributed by atoms with E-state index in [0.29, 0.717) is 32.6 Å². The lowest BCUT2D eigenvalue weighted by Crippen LogP contribution is -2.43. The number of hydrogen-bond acceptors (Lipinski definition) is 3. The molecule has 1 aromatic carbocycles. The zero-order valence-corrected chi connectivity index (χ0v) is 22.0. The normalized spacial score (nSPS) is 16.8. The van der Waals surface area contributed by atoms with Crippen LogP contribution in [-0.2, 0) is 13.0 Å². The van der Waals surface area contributed by atoms with E-state index in [0.717, 1.165) is 11.3 Å². The minimum atomic E-state index is -0.322. The van der Waals surface area contributed by atoms with Gasteiger partial charge in [-0.1, -0.05) is 62.9 Å². The highest BCUT2D eigenvalue weighted by atomic mass is 19.1. The van der Waals surface area contributed by atoms with E-state index in [1.54, 1.807) is 28.0 Å². The van der Waals surface area contributed by atoms with Crippen molar-refractivity contribution < 1.29 is 19.1 Å². The van der Waals surface area contributed by atoms with Crippen molar-refractivity contribution in [2.24, 2.45) is 0 Å². The predicted molar refractivity (Wildman–Crippen MR) is 143 cm³/mol. The number of hydrogen-bond donors (Lipinski definition) is 1. The Labute approximate surface area is 214 Å². The first-order valence-electron chi connectivity index (χ1n) is 12.5. The van der Waals surface area contributed by atoms with Crippen LogP contribution < -0.4 is 0 Å². The van der Waals surface area contributed by atoms with Gasteiger partial charge in [0.15, 0.2) is 11.4 Å². The number of nitrogens with zero attached hydrogens (tertiary/aromatic N) is 3. The first-order valence-corrected chi connectivity index (χ1v) is 12.5. The van der Waals surface area contributed by atoms with Crippen LogP contribution in [0.4, 0.5) is 4.39 Å². The number of aromatic hydroxyl groups is 1. The Bertz CT molecular complexity index is 1120. The third kappa shape index (κ3) is 6.14. The van der Waals surface area contributed by atoms with Gasteiger partial charge in [0.25, 0.3) is 11.8 Å². The van der Waals surface area contributed by atoms with Gasteiger partial charge in [-0.15, -0.1) is 0 Å². The second kappa shape index (κ2) is 13.5. The molecule has 1 aromatic heterocycles. The summed E-state index contributed by atoms with van der Waals surface area (Å²) >= 11 is 0. The van der Waals surface area contributed by atoms with Crippen molar-refractivity contribution in [2.45, 2.75) is 53.6 Å². The number of benzene rings is 1. The number of carbonyl (C=O) groups excluding carboxylic acids is 2. The van der Waals surface area contributed by atoms with Gasteiger partial charge in [-0.2, -0.15) is 0 Å². The molecule has 1 unspecified atom stereocenters. The van der Waals surface area contributed by atoms with Gasteiger partial charge in [0, 0.05) is 44.3 Å². The summed E-state index contributed by atoms with van der Waals surface area (Å²) in [5, 5.41) is 10.7. The smallest absolute Gasteiger partial charge is 0.274 e. The van der Waals surface area contributed by atoms with Crippen molar-refractivity contribution in [2.75, 3.05) is 19.6 Å². The van der Waals surface area contributed by atoms with Crippen LogP contribution in [0.3, 0.4) is 0 Å². The summed E-state index contributed by atoms with van der Waals surface area (Å²) in [7, 11) is 0. The standard InChI is InChI=1S/C20H22FN3O3.C7H10.C2H6/c1-3-22-10-12(2)24-15-8-9-23(11-13-4-6-14(21)7-5-13)19(26)16(15)18(25)17(24)20(22)27;1-3-5-7-6-4-2;1-2/h4-7,12,25H,3,8-11H2,1-2H3;3-7H,1H2,2H3;1-2H3/b;6-4-,7-5-;. The number of likely N-dealkylation sites (N-methyl/N-ethyl adjacent to an activating group) is 1. The molecule has 2 aliphatic rings. The Morgan fingerprint density at radius 1 is 1.08 bits per heavy atom. The first-order chi connectivity index (χ1) is 17.3. The fraction of sp³-hybridized carbons (Fsp3) is 0.379. The van der Waals surface area contributed by atoms with E-state index >= 15 is 0 Å². The number of halogens is 1.